The van der Waals surface area contributed by atoms with Gasteiger partial charge in [-0.15, -0.1) is 11.3 Å². The zero-order valence-electron chi connectivity index (χ0n) is 25.0. The Balaban J connectivity index is 1.35. The van der Waals surface area contributed by atoms with E-state index in [-0.39, 0.29) is 22.9 Å². The summed E-state index contributed by atoms with van der Waals surface area (Å²) in [5.74, 6) is 0.201. The lowest BCUT2D eigenvalue weighted by Gasteiger charge is -2.37. The summed E-state index contributed by atoms with van der Waals surface area (Å²) in [5, 5.41) is 3.96. The molecule has 1 saturated heterocycles. The molecule has 2 heterocycles. The highest BCUT2D eigenvalue weighted by Gasteiger charge is 2.49. The summed E-state index contributed by atoms with van der Waals surface area (Å²) in [6.45, 7) is 1.36. The van der Waals surface area contributed by atoms with E-state index >= 15 is 0 Å². The Morgan fingerprint density at radius 2 is 1.91 bits per heavy atom. The van der Waals surface area contributed by atoms with Gasteiger partial charge in [-0.1, -0.05) is 41.9 Å². The summed E-state index contributed by atoms with van der Waals surface area (Å²) < 4.78 is 6.56. The minimum atomic E-state index is -1.65. The van der Waals surface area contributed by atoms with Gasteiger partial charge in [0.05, 0.1) is 27.2 Å². The van der Waals surface area contributed by atoms with E-state index in [2.05, 4.69) is 5.32 Å². The number of Topliss-reactive ketones (excluding diaryl/α,β-unsaturated/α-hetero) is 1. The number of rotatable bonds is 7. The number of benzene rings is 3. The van der Waals surface area contributed by atoms with Crippen LogP contribution in [0.2, 0.25) is 5.02 Å². The second-order valence-electron chi connectivity index (χ2n) is 11.9. The van der Waals surface area contributed by atoms with E-state index in [1.54, 1.807) is 35.2 Å². The summed E-state index contributed by atoms with van der Waals surface area (Å²) in [4.78, 5) is 44.5. The molecule has 0 radical (unpaired) electrons. The molecule has 1 aliphatic carbocycles. The maximum absolute atomic E-state index is 14.2. The average molecular weight is 647 g/mol. The summed E-state index contributed by atoms with van der Waals surface area (Å²) >= 11 is 7.84. The van der Waals surface area contributed by atoms with Gasteiger partial charge in [-0.05, 0) is 68.4 Å². The van der Waals surface area contributed by atoms with E-state index in [0.29, 0.717) is 68.5 Å². The first kappa shape index (κ1) is 31.0. The molecule has 12 heteroatoms. The van der Waals surface area contributed by atoms with Crippen LogP contribution in [0.3, 0.4) is 0 Å². The third-order valence-corrected chi connectivity index (χ3v) is 9.99. The van der Waals surface area contributed by atoms with E-state index in [1.165, 1.54) is 11.3 Å². The van der Waals surface area contributed by atoms with Gasteiger partial charge < -0.3 is 37.1 Å². The smallest absolute Gasteiger partial charge is 0.262 e. The van der Waals surface area contributed by atoms with E-state index < -0.39 is 17.4 Å². The SMILES string of the molecule is CN(C)CC(=O)N1CCCC(NC(=O)c2sc3c(N)ccc4c3c2C(N)C(=O)C4(N)c2ccc(Oc3ccccc3)c(Cl)c2)C1. The molecule has 0 saturated carbocycles. The summed E-state index contributed by atoms with van der Waals surface area (Å²) in [5.41, 5.74) is 20.2. The quantitative estimate of drug-likeness (QED) is 0.220. The molecule has 6 rings (SSSR count). The highest BCUT2D eigenvalue weighted by Crippen LogP contribution is 2.50. The number of ketones is 1. The van der Waals surface area contributed by atoms with Gasteiger partial charge in [0, 0.05) is 35.8 Å². The van der Waals surface area contributed by atoms with Crippen LogP contribution in [0.25, 0.3) is 10.1 Å². The molecule has 4 aromatic rings. The lowest BCUT2D eigenvalue weighted by atomic mass is 9.70. The molecule has 45 heavy (non-hydrogen) atoms. The number of ether oxygens (including phenoxy) is 1. The van der Waals surface area contributed by atoms with Gasteiger partial charge >= 0.3 is 0 Å². The molecule has 1 aromatic heterocycles. The maximum atomic E-state index is 14.2. The first-order chi connectivity index (χ1) is 21.5. The molecule has 3 aromatic carbocycles. The van der Waals surface area contributed by atoms with Gasteiger partial charge in [0.25, 0.3) is 5.91 Å². The Morgan fingerprint density at radius 3 is 2.62 bits per heavy atom. The van der Waals surface area contributed by atoms with E-state index in [0.717, 1.165) is 12.8 Å². The molecule has 0 spiro atoms. The fraction of sp³-hybridized carbons (Fsp3) is 0.303. The van der Waals surface area contributed by atoms with Crippen molar-refractivity contribution in [2.24, 2.45) is 11.5 Å². The molecule has 234 valence electrons. The first-order valence-corrected chi connectivity index (χ1v) is 15.9. The van der Waals surface area contributed by atoms with Gasteiger partial charge in [0.15, 0.2) is 5.78 Å². The van der Waals surface area contributed by atoms with Crippen LogP contribution in [0.5, 0.6) is 11.5 Å². The van der Waals surface area contributed by atoms with Gasteiger partial charge in [0.1, 0.15) is 17.0 Å². The number of nitrogens with zero attached hydrogens (tertiary/aromatic N) is 2. The number of piperidine rings is 1. The number of likely N-dealkylation sites (N-methyl/N-ethyl adjacent to an activating group) is 1. The van der Waals surface area contributed by atoms with E-state index in [4.69, 9.17) is 33.5 Å². The predicted octanol–water partition coefficient (Wildman–Crippen LogP) is 4.00. The number of nitrogens with one attached hydrogen (secondary N) is 1. The van der Waals surface area contributed by atoms with Crippen molar-refractivity contribution < 1.29 is 19.1 Å². The van der Waals surface area contributed by atoms with Gasteiger partial charge in [-0.2, -0.15) is 0 Å². The number of nitrogen functional groups attached to an aromatic ring is 1. The highest BCUT2D eigenvalue weighted by molar-refractivity contribution is 7.21. The molecule has 2 aliphatic rings. The van der Waals surface area contributed by atoms with Crippen molar-refractivity contribution in [2.45, 2.75) is 30.5 Å². The largest absolute Gasteiger partial charge is 0.456 e. The monoisotopic (exact) mass is 646 g/mol. The van der Waals surface area contributed by atoms with Crippen LogP contribution < -0.4 is 27.3 Å². The Bertz CT molecular complexity index is 1810. The molecule has 1 aliphatic heterocycles. The van der Waals surface area contributed by atoms with Crippen LogP contribution in [0, 0.1) is 0 Å². The molecule has 0 bridgehead atoms. The number of halogens is 1. The normalized spacial score (nSPS) is 21.3. The number of hydrogen-bond donors (Lipinski definition) is 4. The number of nitrogens with two attached hydrogens (primary N) is 3. The van der Waals surface area contributed by atoms with Gasteiger partial charge in [-0.25, -0.2) is 0 Å². The maximum Gasteiger partial charge on any atom is 0.262 e. The molecular formula is C33H35ClN6O4S. The highest BCUT2D eigenvalue weighted by atomic mass is 35.5. The molecular weight excluding hydrogens is 612 g/mol. The fourth-order valence-electron chi connectivity index (χ4n) is 6.23. The lowest BCUT2D eigenvalue weighted by Crippen LogP contribution is -2.53. The third-order valence-electron chi connectivity index (χ3n) is 8.44. The molecule has 1 fully saturated rings. The minimum absolute atomic E-state index is 0.0139. The predicted molar refractivity (Wildman–Crippen MR) is 177 cm³/mol. The summed E-state index contributed by atoms with van der Waals surface area (Å²) in [7, 11) is 3.69. The molecule has 10 nitrogen and oxygen atoms in total. The van der Waals surface area contributed by atoms with Crippen molar-refractivity contribution >= 4 is 56.3 Å². The fourth-order valence-corrected chi connectivity index (χ4v) is 7.66. The average Bonchev–Trinajstić information content (AvgIpc) is 3.43. The Hall–Kier alpha value is -4.00. The minimum Gasteiger partial charge on any atom is -0.456 e. The van der Waals surface area contributed by atoms with E-state index in [1.807, 2.05) is 49.3 Å². The Kier molecular flexibility index (Phi) is 8.31. The zero-order valence-corrected chi connectivity index (χ0v) is 26.6. The van der Waals surface area contributed by atoms with Crippen molar-refractivity contribution in [2.75, 3.05) is 39.5 Å². The second-order valence-corrected chi connectivity index (χ2v) is 13.3. The van der Waals surface area contributed by atoms with E-state index in [9.17, 15) is 14.4 Å². The standard InChI is InChI=1S/C33H35ClN6O4S/c1-39(2)17-25(41)40-14-6-7-19(16-40)38-32(43)30-27-26-21(11-12-23(35)29(26)45-30)33(37,31(42)28(27)36)18-10-13-24(22(34)15-18)44-20-8-4-3-5-9-20/h3-5,8-13,15,19,28H,6-7,14,16-17,35-37H2,1-2H3,(H,38,43). The molecule has 3 atom stereocenters. The topological polar surface area (TPSA) is 157 Å². The number of thiophene rings is 1. The third kappa shape index (κ3) is 5.55. The molecule has 7 N–H and O–H groups in total. The number of likely N-dealkylation sites (tertiary alicyclic amines) is 1. The number of hydrogen-bond acceptors (Lipinski definition) is 9. The van der Waals surface area contributed by atoms with Crippen LogP contribution in [0.1, 0.15) is 45.2 Å². The van der Waals surface area contributed by atoms with Crippen molar-refractivity contribution in [1.82, 2.24) is 15.1 Å². The number of carbonyl (C=O) groups is 3. The van der Waals surface area contributed by atoms with Gasteiger partial charge in [0.2, 0.25) is 5.91 Å². The number of para-hydroxylation sites is 1. The second kappa shape index (κ2) is 12.1. The Morgan fingerprint density at radius 1 is 1.16 bits per heavy atom. The van der Waals surface area contributed by atoms with Gasteiger partial charge in [-0.3, -0.25) is 14.4 Å². The summed E-state index contributed by atoms with van der Waals surface area (Å²) in [6.07, 6.45) is 1.50. The number of carbonyl (C=O) groups excluding carboxylic acids is 3. The van der Waals surface area contributed by atoms with Crippen LogP contribution >= 0.6 is 22.9 Å². The van der Waals surface area contributed by atoms with Crippen molar-refractivity contribution in [1.29, 1.82) is 0 Å². The Labute approximate surface area is 270 Å². The van der Waals surface area contributed by atoms with Crippen LogP contribution in [-0.2, 0) is 15.1 Å². The number of anilines is 1. The van der Waals surface area contributed by atoms with Crippen molar-refractivity contribution in [3.63, 3.8) is 0 Å². The first-order valence-electron chi connectivity index (χ1n) is 14.7. The van der Waals surface area contributed by atoms with Crippen LogP contribution in [0.15, 0.2) is 60.7 Å². The van der Waals surface area contributed by atoms with Crippen LogP contribution in [-0.4, -0.2) is 67.2 Å². The summed E-state index contributed by atoms with van der Waals surface area (Å²) in [6, 6.07) is 16.2. The lowest BCUT2D eigenvalue weighted by molar-refractivity contribution is -0.133. The van der Waals surface area contributed by atoms with Crippen LogP contribution in [0.4, 0.5) is 5.69 Å². The number of amides is 2. The molecule has 3 unspecified atom stereocenters. The zero-order chi connectivity index (χ0) is 32.0. The van der Waals surface area contributed by atoms with Crippen molar-refractivity contribution in [3.05, 3.63) is 87.3 Å². The molecule has 2 amide bonds. The van der Waals surface area contributed by atoms with Crippen molar-refractivity contribution in [3.8, 4) is 11.5 Å².